The number of hydrogen-bond donors (Lipinski definition) is 0. The quantitative estimate of drug-likeness (QED) is 0.683. The van der Waals surface area contributed by atoms with Crippen molar-refractivity contribution in [1.29, 1.82) is 0 Å². The van der Waals surface area contributed by atoms with Gasteiger partial charge in [-0.3, -0.25) is 0 Å². The molecule has 1 aliphatic carbocycles. The van der Waals surface area contributed by atoms with Crippen molar-refractivity contribution in [3.63, 3.8) is 0 Å². The van der Waals surface area contributed by atoms with Crippen LogP contribution in [0.25, 0.3) is 0 Å². The van der Waals surface area contributed by atoms with E-state index in [1.807, 2.05) is 18.2 Å². The number of benzene rings is 1. The molecule has 13 heavy (non-hydrogen) atoms. The van der Waals surface area contributed by atoms with E-state index in [1.165, 1.54) is 12.0 Å². The maximum atomic E-state index is 5.59. The summed E-state index contributed by atoms with van der Waals surface area (Å²) < 4.78 is 5.59. The van der Waals surface area contributed by atoms with Crippen molar-refractivity contribution in [2.75, 3.05) is 6.61 Å². The maximum absolute atomic E-state index is 5.59. The highest BCUT2D eigenvalue weighted by Crippen LogP contribution is 2.40. The Kier molecular flexibility index (Phi) is 2.65. The molecule has 1 atom stereocenters. The zero-order valence-electron chi connectivity index (χ0n) is 7.99. The smallest absolute Gasteiger partial charge is 0.0717 e. The van der Waals surface area contributed by atoms with Gasteiger partial charge in [0.15, 0.2) is 0 Å². The first-order valence-electron chi connectivity index (χ1n) is 4.80. The van der Waals surface area contributed by atoms with Crippen LogP contribution in [0.1, 0.15) is 18.9 Å². The molecule has 0 saturated heterocycles. The van der Waals surface area contributed by atoms with Gasteiger partial charge in [-0.2, -0.15) is 0 Å². The van der Waals surface area contributed by atoms with Gasteiger partial charge in [0.25, 0.3) is 0 Å². The first kappa shape index (κ1) is 8.76. The molecule has 1 radical (unpaired) electrons. The summed E-state index contributed by atoms with van der Waals surface area (Å²) in [6.45, 7) is 3.86. The van der Waals surface area contributed by atoms with Gasteiger partial charge in [-0.15, -0.1) is 0 Å². The second-order valence-corrected chi connectivity index (χ2v) is 3.75. The monoisotopic (exact) mass is 175 g/mol. The summed E-state index contributed by atoms with van der Waals surface area (Å²) in [6, 6.07) is 10.3. The van der Waals surface area contributed by atoms with Crippen LogP contribution in [0.2, 0.25) is 0 Å². The Morgan fingerprint density at radius 2 is 2.00 bits per heavy atom. The first-order chi connectivity index (χ1) is 6.36. The molecule has 0 spiro atoms. The van der Waals surface area contributed by atoms with E-state index in [4.69, 9.17) is 4.74 Å². The van der Waals surface area contributed by atoms with Crippen LogP contribution in [-0.2, 0) is 11.3 Å². The van der Waals surface area contributed by atoms with E-state index in [9.17, 15) is 0 Å². The molecule has 0 heterocycles. The summed E-state index contributed by atoms with van der Waals surface area (Å²) in [4.78, 5) is 0. The Balaban J connectivity index is 1.68. The molecule has 1 unspecified atom stereocenters. The minimum atomic E-state index is 0.753. The molecule has 0 bridgehead atoms. The molecule has 1 fully saturated rings. The summed E-state index contributed by atoms with van der Waals surface area (Å²) in [6.07, 6.45) is 1.27. The predicted molar refractivity (Wildman–Crippen MR) is 53.1 cm³/mol. The van der Waals surface area contributed by atoms with Crippen LogP contribution in [0.4, 0.5) is 0 Å². The lowest BCUT2D eigenvalue weighted by Gasteiger charge is -2.02. The largest absolute Gasteiger partial charge is 0.376 e. The van der Waals surface area contributed by atoms with Crippen LogP contribution in [0.15, 0.2) is 30.3 Å². The fourth-order valence-corrected chi connectivity index (χ4v) is 1.42. The van der Waals surface area contributed by atoms with Gasteiger partial charge >= 0.3 is 0 Å². The van der Waals surface area contributed by atoms with Crippen molar-refractivity contribution in [2.24, 2.45) is 5.92 Å². The van der Waals surface area contributed by atoms with E-state index < -0.39 is 0 Å². The summed E-state index contributed by atoms with van der Waals surface area (Å²) >= 11 is 0. The van der Waals surface area contributed by atoms with Crippen molar-refractivity contribution in [1.82, 2.24) is 0 Å². The molecular formula is C12H15O. The van der Waals surface area contributed by atoms with Crippen LogP contribution in [0.3, 0.4) is 0 Å². The minimum Gasteiger partial charge on any atom is -0.376 e. The molecule has 69 valence electrons. The number of ether oxygens (including phenoxy) is 1. The fraction of sp³-hybridized carbons (Fsp3) is 0.417. The normalized spacial score (nSPS) is 21.8. The summed E-state index contributed by atoms with van der Waals surface area (Å²) in [5.74, 6) is 2.34. The van der Waals surface area contributed by atoms with Gasteiger partial charge in [0.05, 0.1) is 13.2 Å². The van der Waals surface area contributed by atoms with E-state index in [1.54, 1.807) is 5.92 Å². The van der Waals surface area contributed by atoms with Gasteiger partial charge in [-0.1, -0.05) is 37.3 Å². The zero-order valence-corrected chi connectivity index (χ0v) is 7.99. The highest BCUT2D eigenvalue weighted by molar-refractivity contribution is 5.14. The van der Waals surface area contributed by atoms with Gasteiger partial charge in [-0.25, -0.2) is 0 Å². The van der Waals surface area contributed by atoms with Crippen LogP contribution in [0, 0.1) is 11.8 Å². The van der Waals surface area contributed by atoms with Crippen LogP contribution < -0.4 is 0 Å². The van der Waals surface area contributed by atoms with Crippen molar-refractivity contribution in [3.8, 4) is 0 Å². The van der Waals surface area contributed by atoms with Gasteiger partial charge in [-0.05, 0) is 23.8 Å². The first-order valence-corrected chi connectivity index (χ1v) is 4.80. The summed E-state index contributed by atoms with van der Waals surface area (Å²) in [7, 11) is 0. The summed E-state index contributed by atoms with van der Waals surface area (Å²) in [5.41, 5.74) is 1.26. The molecule has 1 aliphatic rings. The van der Waals surface area contributed by atoms with E-state index >= 15 is 0 Å². The lowest BCUT2D eigenvalue weighted by molar-refractivity contribution is 0.112. The molecule has 2 rings (SSSR count). The van der Waals surface area contributed by atoms with E-state index in [2.05, 4.69) is 19.1 Å². The third-order valence-corrected chi connectivity index (χ3v) is 2.54. The van der Waals surface area contributed by atoms with Gasteiger partial charge in [0, 0.05) is 0 Å². The topological polar surface area (TPSA) is 9.23 Å². The Bertz CT molecular complexity index is 255. The van der Waals surface area contributed by atoms with Crippen molar-refractivity contribution >= 4 is 0 Å². The second-order valence-electron chi connectivity index (χ2n) is 3.75. The molecular weight excluding hydrogens is 160 g/mol. The third-order valence-electron chi connectivity index (χ3n) is 2.54. The number of hydrogen-bond acceptors (Lipinski definition) is 1. The second kappa shape index (κ2) is 3.93. The molecule has 1 aromatic rings. The van der Waals surface area contributed by atoms with Crippen molar-refractivity contribution in [2.45, 2.75) is 20.0 Å². The SMILES string of the molecule is C[C]1CC1COCc1ccccc1. The standard InChI is InChI=1S/C12H15O/c1-10-7-12(10)9-13-8-11-5-3-2-4-6-11/h2-6,12H,7-9H2,1H3. The van der Waals surface area contributed by atoms with E-state index in [0.717, 1.165) is 19.1 Å². The van der Waals surface area contributed by atoms with E-state index in [0.29, 0.717) is 0 Å². The fourth-order valence-electron chi connectivity index (χ4n) is 1.42. The summed E-state index contributed by atoms with van der Waals surface area (Å²) in [5, 5.41) is 0. The molecule has 0 aromatic heterocycles. The predicted octanol–water partition coefficient (Wildman–Crippen LogP) is 2.82. The average Bonchev–Trinajstić information content (AvgIpc) is 2.84. The van der Waals surface area contributed by atoms with Gasteiger partial charge < -0.3 is 4.74 Å². The maximum Gasteiger partial charge on any atom is 0.0717 e. The molecule has 1 nitrogen and oxygen atoms in total. The van der Waals surface area contributed by atoms with Gasteiger partial charge in [0.2, 0.25) is 0 Å². The molecule has 1 saturated carbocycles. The average molecular weight is 175 g/mol. The molecule has 1 aromatic carbocycles. The van der Waals surface area contributed by atoms with Gasteiger partial charge in [0.1, 0.15) is 0 Å². The molecule has 0 N–H and O–H groups in total. The molecule has 1 heteroatoms. The Labute approximate surface area is 79.7 Å². The molecule has 0 amide bonds. The number of rotatable bonds is 4. The van der Waals surface area contributed by atoms with Crippen LogP contribution in [0.5, 0.6) is 0 Å². The minimum absolute atomic E-state index is 0.753. The van der Waals surface area contributed by atoms with E-state index in [-0.39, 0.29) is 0 Å². The Morgan fingerprint density at radius 3 is 2.62 bits per heavy atom. The third kappa shape index (κ3) is 2.56. The lowest BCUT2D eigenvalue weighted by Crippen LogP contribution is -1.97. The zero-order chi connectivity index (χ0) is 9.10. The highest BCUT2D eigenvalue weighted by atomic mass is 16.5. The lowest BCUT2D eigenvalue weighted by atomic mass is 10.2. The van der Waals surface area contributed by atoms with Crippen LogP contribution in [-0.4, -0.2) is 6.61 Å². The van der Waals surface area contributed by atoms with Crippen LogP contribution >= 0.6 is 0 Å². The Hall–Kier alpha value is -0.820. The van der Waals surface area contributed by atoms with Crippen molar-refractivity contribution in [3.05, 3.63) is 41.8 Å². The van der Waals surface area contributed by atoms with Crippen molar-refractivity contribution < 1.29 is 4.74 Å². The Morgan fingerprint density at radius 1 is 1.31 bits per heavy atom. The highest BCUT2D eigenvalue weighted by Gasteiger charge is 2.32. The molecule has 0 aliphatic heterocycles.